The van der Waals surface area contributed by atoms with Crippen molar-refractivity contribution in [1.29, 1.82) is 0 Å². The van der Waals surface area contributed by atoms with Crippen LogP contribution in [0.25, 0.3) is 11.4 Å². The van der Waals surface area contributed by atoms with Gasteiger partial charge in [-0.05, 0) is 19.4 Å². The van der Waals surface area contributed by atoms with Crippen molar-refractivity contribution in [3.05, 3.63) is 35.7 Å². The fourth-order valence-corrected chi connectivity index (χ4v) is 1.55. The van der Waals surface area contributed by atoms with E-state index in [0.717, 1.165) is 11.1 Å². The van der Waals surface area contributed by atoms with E-state index in [-0.39, 0.29) is 6.61 Å². The Morgan fingerprint density at radius 1 is 1.47 bits per heavy atom. The Kier molecular flexibility index (Phi) is 3.51. The van der Waals surface area contributed by atoms with E-state index in [1.54, 1.807) is 0 Å². The minimum Gasteiger partial charge on any atom is -0.396 e. The van der Waals surface area contributed by atoms with E-state index in [9.17, 15) is 0 Å². The Balaban J connectivity index is 2.23. The fraction of sp³-hybridized carbons (Fsp3) is 0.333. The van der Waals surface area contributed by atoms with Gasteiger partial charge in [-0.1, -0.05) is 28.9 Å². The first kappa shape index (κ1) is 11.8. The summed E-state index contributed by atoms with van der Waals surface area (Å²) < 4.78 is 5.08. The third-order valence-corrected chi connectivity index (χ3v) is 2.48. The predicted molar refractivity (Wildman–Crippen MR) is 63.1 cm³/mol. The van der Waals surface area contributed by atoms with Crippen molar-refractivity contribution in [1.82, 2.24) is 10.1 Å². The number of rotatable bonds is 4. The standard InChI is InChI=1S/C12H15N3O2/c1-8-3-2-4-9(7-8)11-14-12(17-15-11)10(13)5-6-16/h2-4,7,10,16H,5-6,13H2,1H3. The average Bonchev–Trinajstić information content (AvgIpc) is 2.78. The first-order valence-corrected chi connectivity index (χ1v) is 5.48. The summed E-state index contributed by atoms with van der Waals surface area (Å²) in [4.78, 5) is 4.23. The molecule has 0 fully saturated rings. The van der Waals surface area contributed by atoms with E-state index in [1.165, 1.54) is 0 Å². The van der Waals surface area contributed by atoms with Crippen molar-refractivity contribution in [2.45, 2.75) is 19.4 Å². The number of hydrogen-bond donors (Lipinski definition) is 2. The molecular formula is C12H15N3O2. The Morgan fingerprint density at radius 2 is 2.29 bits per heavy atom. The number of aliphatic hydroxyl groups excluding tert-OH is 1. The van der Waals surface area contributed by atoms with Crippen LogP contribution in [0.4, 0.5) is 0 Å². The van der Waals surface area contributed by atoms with Gasteiger partial charge in [0.05, 0.1) is 6.04 Å². The van der Waals surface area contributed by atoms with Crippen molar-refractivity contribution >= 4 is 0 Å². The van der Waals surface area contributed by atoms with Crippen LogP contribution in [0.2, 0.25) is 0 Å². The molecule has 1 heterocycles. The lowest BCUT2D eigenvalue weighted by Gasteiger charge is -2.01. The van der Waals surface area contributed by atoms with Crippen molar-refractivity contribution < 1.29 is 9.63 Å². The van der Waals surface area contributed by atoms with Gasteiger partial charge in [0.1, 0.15) is 0 Å². The molecule has 1 unspecified atom stereocenters. The highest BCUT2D eigenvalue weighted by molar-refractivity contribution is 5.55. The van der Waals surface area contributed by atoms with E-state index in [4.69, 9.17) is 15.4 Å². The summed E-state index contributed by atoms with van der Waals surface area (Å²) in [5.74, 6) is 0.882. The summed E-state index contributed by atoms with van der Waals surface area (Å²) in [7, 11) is 0. The highest BCUT2D eigenvalue weighted by atomic mass is 16.5. The largest absolute Gasteiger partial charge is 0.396 e. The molecule has 1 atom stereocenters. The molecule has 3 N–H and O–H groups in total. The molecule has 0 saturated carbocycles. The van der Waals surface area contributed by atoms with Gasteiger partial charge in [0, 0.05) is 12.2 Å². The lowest BCUT2D eigenvalue weighted by atomic mass is 10.1. The highest BCUT2D eigenvalue weighted by Gasteiger charge is 2.14. The normalized spacial score (nSPS) is 12.6. The second-order valence-electron chi connectivity index (χ2n) is 3.94. The second kappa shape index (κ2) is 5.07. The Hall–Kier alpha value is -1.72. The molecule has 0 aliphatic heterocycles. The van der Waals surface area contributed by atoms with Crippen LogP contribution in [0, 0.1) is 6.92 Å². The van der Waals surface area contributed by atoms with Crippen LogP contribution in [0.3, 0.4) is 0 Å². The number of benzene rings is 1. The molecule has 0 bridgehead atoms. The van der Waals surface area contributed by atoms with E-state index in [0.29, 0.717) is 18.1 Å². The summed E-state index contributed by atoms with van der Waals surface area (Å²) in [5.41, 5.74) is 7.80. The maximum atomic E-state index is 8.79. The molecule has 5 heteroatoms. The van der Waals surface area contributed by atoms with Gasteiger partial charge >= 0.3 is 0 Å². The van der Waals surface area contributed by atoms with Crippen molar-refractivity contribution in [2.75, 3.05) is 6.61 Å². The third kappa shape index (κ3) is 2.69. The monoisotopic (exact) mass is 233 g/mol. The molecule has 2 rings (SSSR count). The third-order valence-electron chi connectivity index (χ3n) is 2.48. The number of aromatic nitrogens is 2. The molecule has 0 amide bonds. The van der Waals surface area contributed by atoms with Gasteiger partial charge in [0.15, 0.2) is 0 Å². The zero-order valence-corrected chi connectivity index (χ0v) is 9.63. The molecule has 0 spiro atoms. The van der Waals surface area contributed by atoms with Gasteiger partial charge in [-0.2, -0.15) is 4.98 Å². The lowest BCUT2D eigenvalue weighted by molar-refractivity contribution is 0.259. The lowest BCUT2D eigenvalue weighted by Crippen LogP contribution is -2.12. The molecule has 0 aliphatic carbocycles. The SMILES string of the molecule is Cc1cccc(-c2noc(C(N)CCO)n2)c1. The van der Waals surface area contributed by atoms with E-state index in [2.05, 4.69) is 10.1 Å². The molecule has 2 aromatic rings. The summed E-state index contributed by atoms with van der Waals surface area (Å²) >= 11 is 0. The van der Waals surface area contributed by atoms with Gasteiger partial charge in [-0.15, -0.1) is 0 Å². The van der Waals surface area contributed by atoms with Crippen molar-refractivity contribution in [3.8, 4) is 11.4 Å². The second-order valence-corrected chi connectivity index (χ2v) is 3.94. The van der Waals surface area contributed by atoms with Gasteiger partial charge in [0.25, 0.3) is 0 Å². The van der Waals surface area contributed by atoms with Crippen LogP contribution < -0.4 is 5.73 Å². The molecule has 1 aromatic heterocycles. The van der Waals surface area contributed by atoms with Crippen LogP contribution in [-0.2, 0) is 0 Å². The molecule has 0 saturated heterocycles. The Bertz CT molecular complexity index is 496. The minimum atomic E-state index is -0.411. The van der Waals surface area contributed by atoms with Gasteiger partial charge in [-0.3, -0.25) is 0 Å². The molecule has 17 heavy (non-hydrogen) atoms. The van der Waals surface area contributed by atoms with Gasteiger partial charge in [0.2, 0.25) is 11.7 Å². The topological polar surface area (TPSA) is 85.2 Å². The average molecular weight is 233 g/mol. The first-order valence-electron chi connectivity index (χ1n) is 5.48. The predicted octanol–water partition coefficient (Wildman–Crippen LogP) is 1.43. The van der Waals surface area contributed by atoms with Gasteiger partial charge < -0.3 is 15.4 Å². The van der Waals surface area contributed by atoms with E-state index < -0.39 is 6.04 Å². The quantitative estimate of drug-likeness (QED) is 0.834. The van der Waals surface area contributed by atoms with Gasteiger partial charge in [-0.25, -0.2) is 0 Å². The number of aryl methyl sites for hydroxylation is 1. The molecular weight excluding hydrogens is 218 g/mol. The molecule has 0 radical (unpaired) electrons. The van der Waals surface area contributed by atoms with Crippen LogP contribution in [0.15, 0.2) is 28.8 Å². The van der Waals surface area contributed by atoms with Crippen LogP contribution in [0.1, 0.15) is 23.9 Å². The number of nitrogens with zero attached hydrogens (tertiary/aromatic N) is 2. The maximum absolute atomic E-state index is 8.79. The first-order chi connectivity index (χ1) is 8.20. The van der Waals surface area contributed by atoms with E-state index in [1.807, 2.05) is 31.2 Å². The van der Waals surface area contributed by atoms with Crippen molar-refractivity contribution in [3.63, 3.8) is 0 Å². The van der Waals surface area contributed by atoms with E-state index >= 15 is 0 Å². The Morgan fingerprint density at radius 3 is 3.00 bits per heavy atom. The summed E-state index contributed by atoms with van der Waals surface area (Å²) in [6, 6.07) is 7.42. The smallest absolute Gasteiger partial charge is 0.243 e. The molecule has 1 aromatic carbocycles. The fourth-order valence-electron chi connectivity index (χ4n) is 1.55. The zero-order valence-electron chi connectivity index (χ0n) is 9.63. The summed E-state index contributed by atoms with van der Waals surface area (Å²) in [6.07, 6.45) is 0.412. The molecule has 0 aliphatic rings. The highest BCUT2D eigenvalue weighted by Crippen LogP contribution is 2.19. The van der Waals surface area contributed by atoms with Crippen LogP contribution in [-0.4, -0.2) is 21.9 Å². The zero-order chi connectivity index (χ0) is 12.3. The van der Waals surface area contributed by atoms with Crippen LogP contribution in [0.5, 0.6) is 0 Å². The van der Waals surface area contributed by atoms with Crippen molar-refractivity contribution in [2.24, 2.45) is 5.73 Å². The minimum absolute atomic E-state index is 0.00330. The van der Waals surface area contributed by atoms with Crippen LogP contribution >= 0.6 is 0 Å². The Labute approximate surface area is 99.3 Å². The number of nitrogens with two attached hydrogens (primary N) is 1. The summed E-state index contributed by atoms with van der Waals surface area (Å²) in [5, 5.41) is 12.7. The number of hydrogen-bond acceptors (Lipinski definition) is 5. The summed E-state index contributed by atoms with van der Waals surface area (Å²) in [6.45, 7) is 2.01. The number of aliphatic hydroxyl groups is 1. The maximum Gasteiger partial charge on any atom is 0.243 e. The molecule has 90 valence electrons. The molecule has 5 nitrogen and oxygen atoms in total.